The fourth-order valence-electron chi connectivity index (χ4n) is 1.65. The number of sulfonamides is 1. The van der Waals surface area contributed by atoms with E-state index in [1.165, 1.54) is 0 Å². The van der Waals surface area contributed by atoms with E-state index in [1.54, 1.807) is 38.1 Å². The highest BCUT2D eigenvalue weighted by atomic mass is 32.2. The van der Waals surface area contributed by atoms with Crippen LogP contribution in [0.5, 0.6) is 0 Å². The molecule has 0 bridgehead atoms. The second-order valence-corrected chi connectivity index (χ2v) is 5.71. The Hall–Kier alpha value is -1.76. The molecule has 1 rings (SSSR count). The average molecular weight is 286 g/mol. The highest BCUT2D eigenvalue weighted by molar-refractivity contribution is 7.93. The number of anilines is 2. The normalized spacial score (nSPS) is 11.1. The summed E-state index contributed by atoms with van der Waals surface area (Å²) in [7, 11) is -3.76. The first kappa shape index (κ1) is 15.3. The fourth-order valence-corrected chi connectivity index (χ4v) is 3.01. The number of hydrogen-bond donors (Lipinski definition) is 1. The maximum Gasteiger partial charge on any atom is 0.323 e. The first-order valence-electron chi connectivity index (χ1n) is 5.92. The topological polar surface area (TPSA) is 89.7 Å². The fraction of sp³-hybridized carbons (Fsp3) is 0.417. The molecule has 1 aromatic carbocycles. The maximum absolute atomic E-state index is 12.1. The Labute approximate surface area is 113 Å². The lowest BCUT2D eigenvalue weighted by Crippen LogP contribution is -2.36. The SMILES string of the molecule is CCOC(=O)CS(=O)(=O)N(CC)c1cccc(N)c1. The minimum absolute atomic E-state index is 0.152. The van der Waals surface area contributed by atoms with Crippen LogP contribution in [0.25, 0.3) is 0 Å². The van der Waals surface area contributed by atoms with Crippen LogP contribution in [-0.2, 0) is 19.6 Å². The lowest BCUT2D eigenvalue weighted by atomic mass is 10.3. The van der Waals surface area contributed by atoms with Crippen molar-refractivity contribution >= 4 is 27.4 Å². The van der Waals surface area contributed by atoms with E-state index in [4.69, 9.17) is 5.73 Å². The third-order valence-electron chi connectivity index (χ3n) is 2.39. The molecule has 106 valence electrons. The predicted molar refractivity (Wildman–Crippen MR) is 74.3 cm³/mol. The van der Waals surface area contributed by atoms with Crippen LogP contribution in [0.15, 0.2) is 24.3 Å². The Morgan fingerprint density at radius 3 is 2.58 bits per heavy atom. The van der Waals surface area contributed by atoms with Gasteiger partial charge in [-0.1, -0.05) is 6.07 Å². The van der Waals surface area contributed by atoms with E-state index in [1.807, 2.05) is 0 Å². The lowest BCUT2D eigenvalue weighted by molar-refractivity contribution is -0.139. The molecule has 0 aromatic heterocycles. The summed E-state index contributed by atoms with van der Waals surface area (Å²) in [5.74, 6) is -1.44. The van der Waals surface area contributed by atoms with Crippen LogP contribution in [0.2, 0.25) is 0 Å². The number of benzene rings is 1. The van der Waals surface area contributed by atoms with Crippen molar-refractivity contribution in [1.82, 2.24) is 0 Å². The number of nitrogens with zero attached hydrogens (tertiary/aromatic N) is 1. The van der Waals surface area contributed by atoms with Gasteiger partial charge in [0.15, 0.2) is 5.75 Å². The molecule has 0 atom stereocenters. The molecule has 7 heteroatoms. The number of nitrogen functional groups attached to an aromatic ring is 1. The van der Waals surface area contributed by atoms with E-state index in [0.29, 0.717) is 11.4 Å². The van der Waals surface area contributed by atoms with Crippen molar-refractivity contribution in [3.05, 3.63) is 24.3 Å². The van der Waals surface area contributed by atoms with Gasteiger partial charge in [0.05, 0.1) is 12.3 Å². The Balaban J connectivity index is 2.99. The monoisotopic (exact) mass is 286 g/mol. The molecule has 6 nitrogen and oxygen atoms in total. The van der Waals surface area contributed by atoms with Gasteiger partial charge in [-0.3, -0.25) is 9.10 Å². The molecule has 0 aliphatic carbocycles. The number of rotatable bonds is 6. The molecular formula is C12H18N2O4S. The summed E-state index contributed by atoms with van der Waals surface area (Å²) in [6, 6.07) is 6.50. The molecule has 0 heterocycles. The molecule has 0 aliphatic heterocycles. The molecule has 0 unspecified atom stereocenters. The van der Waals surface area contributed by atoms with Crippen molar-refractivity contribution in [2.45, 2.75) is 13.8 Å². The van der Waals surface area contributed by atoms with Gasteiger partial charge in [-0.25, -0.2) is 8.42 Å². The number of nitrogens with two attached hydrogens (primary N) is 1. The number of ether oxygens (including phenoxy) is 1. The van der Waals surface area contributed by atoms with E-state index in [2.05, 4.69) is 4.74 Å². The van der Waals surface area contributed by atoms with E-state index in [9.17, 15) is 13.2 Å². The molecular weight excluding hydrogens is 268 g/mol. The molecule has 0 saturated carbocycles. The number of carbonyl (C=O) groups is 1. The van der Waals surface area contributed by atoms with Gasteiger partial charge in [0, 0.05) is 12.2 Å². The zero-order chi connectivity index (χ0) is 14.5. The number of hydrogen-bond acceptors (Lipinski definition) is 5. The van der Waals surface area contributed by atoms with Crippen molar-refractivity contribution in [3.8, 4) is 0 Å². The summed E-state index contributed by atoms with van der Waals surface area (Å²) >= 11 is 0. The summed E-state index contributed by atoms with van der Waals surface area (Å²) < 4.78 is 30.1. The smallest absolute Gasteiger partial charge is 0.323 e. The van der Waals surface area contributed by atoms with Crippen LogP contribution < -0.4 is 10.0 Å². The lowest BCUT2D eigenvalue weighted by Gasteiger charge is -2.22. The van der Waals surface area contributed by atoms with E-state index in [-0.39, 0.29) is 13.2 Å². The Bertz CT molecular complexity index is 542. The molecule has 2 N–H and O–H groups in total. The molecule has 1 aromatic rings. The third kappa shape index (κ3) is 4.13. The Morgan fingerprint density at radius 1 is 1.37 bits per heavy atom. The summed E-state index contributed by atoms with van der Waals surface area (Å²) in [4.78, 5) is 11.3. The van der Waals surface area contributed by atoms with E-state index in [0.717, 1.165) is 4.31 Å². The van der Waals surface area contributed by atoms with Gasteiger partial charge in [0.1, 0.15) is 0 Å². The van der Waals surface area contributed by atoms with Gasteiger partial charge >= 0.3 is 5.97 Å². The highest BCUT2D eigenvalue weighted by Crippen LogP contribution is 2.20. The minimum Gasteiger partial charge on any atom is -0.465 e. The zero-order valence-electron chi connectivity index (χ0n) is 11.0. The second-order valence-electron chi connectivity index (χ2n) is 3.82. The van der Waals surface area contributed by atoms with Crippen LogP contribution in [-0.4, -0.2) is 33.3 Å². The summed E-state index contributed by atoms with van der Waals surface area (Å²) in [6.07, 6.45) is 0. The summed E-state index contributed by atoms with van der Waals surface area (Å²) in [5.41, 5.74) is 6.53. The number of carbonyl (C=O) groups excluding carboxylic acids is 1. The molecule has 0 radical (unpaired) electrons. The van der Waals surface area contributed by atoms with Gasteiger partial charge in [-0.15, -0.1) is 0 Å². The molecule has 0 spiro atoms. The molecule has 0 fully saturated rings. The van der Waals surface area contributed by atoms with Gasteiger partial charge in [0.2, 0.25) is 10.0 Å². The quantitative estimate of drug-likeness (QED) is 0.622. The van der Waals surface area contributed by atoms with Crippen LogP contribution in [0.3, 0.4) is 0 Å². The highest BCUT2D eigenvalue weighted by Gasteiger charge is 2.25. The van der Waals surface area contributed by atoms with Gasteiger partial charge < -0.3 is 10.5 Å². The van der Waals surface area contributed by atoms with E-state index < -0.39 is 21.7 Å². The number of esters is 1. The minimum atomic E-state index is -3.76. The average Bonchev–Trinajstić information content (AvgIpc) is 2.28. The summed E-state index contributed by atoms with van der Waals surface area (Å²) in [6.45, 7) is 3.68. The summed E-state index contributed by atoms with van der Waals surface area (Å²) in [5, 5.41) is 0. The first-order chi connectivity index (χ1) is 8.90. The predicted octanol–water partition coefficient (Wildman–Crippen LogP) is 0.988. The van der Waals surface area contributed by atoms with Crippen LogP contribution in [0.1, 0.15) is 13.8 Å². The first-order valence-corrected chi connectivity index (χ1v) is 7.53. The Morgan fingerprint density at radius 2 is 2.05 bits per heavy atom. The van der Waals surface area contributed by atoms with Gasteiger partial charge in [-0.2, -0.15) is 0 Å². The van der Waals surface area contributed by atoms with Crippen LogP contribution in [0.4, 0.5) is 11.4 Å². The Kier molecular flexibility index (Phi) is 5.17. The second kappa shape index (κ2) is 6.42. The van der Waals surface area contributed by atoms with Crippen molar-refractivity contribution in [1.29, 1.82) is 0 Å². The van der Waals surface area contributed by atoms with Crippen molar-refractivity contribution < 1.29 is 17.9 Å². The van der Waals surface area contributed by atoms with Crippen molar-refractivity contribution in [3.63, 3.8) is 0 Å². The van der Waals surface area contributed by atoms with Crippen LogP contribution in [0, 0.1) is 0 Å². The van der Waals surface area contributed by atoms with E-state index >= 15 is 0 Å². The van der Waals surface area contributed by atoms with Crippen LogP contribution >= 0.6 is 0 Å². The van der Waals surface area contributed by atoms with Crippen molar-refractivity contribution in [2.75, 3.05) is 28.9 Å². The molecule has 0 saturated heterocycles. The standard InChI is InChI=1S/C12H18N2O4S/c1-3-14(11-7-5-6-10(13)8-11)19(16,17)9-12(15)18-4-2/h5-8H,3-4,9,13H2,1-2H3. The molecule has 19 heavy (non-hydrogen) atoms. The molecule has 0 aliphatic rings. The van der Waals surface area contributed by atoms with Gasteiger partial charge in [-0.05, 0) is 32.0 Å². The zero-order valence-corrected chi connectivity index (χ0v) is 11.8. The molecule has 0 amide bonds. The third-order valence-corrected chi connectivity index (χ3v) is 4.13. The van der Waals surface area contributed by atoms with Gasteiger partial charge in [0.25, 0.3) is 0 Å². The maximum atomic E-state index is 12.1. The largest absolute Gasteiger partial charge is 0.465 e. The van der Waals surface area contributed by atoms with Crippen molar-refractivity contribution in [2.24, 2.45) is 0 Å².